The van der Waals surface area contributed by atoms with Crippen molar-refractivity contribution in [1.82, 2.24) is 15.1 Å². The molecule has 0 fully saturated rings. The molecule has 0 atom stereocenters. The van der Waals surface area contributed by atoms with Gasteiger partial charge in [-0.3, -0.25) is 5.43 Å². The molecular weight excluding hydrogens is 346 g/mol. The molecule has 2 aromatic heterocycles. The summed E-state index contributed by atoms with van der Waals surface area (Å²) in [6.45, 7) is 2.01. The second-order valence-corrected chi connectivity index (χ2v) is 5.86. The highest BCUT2D eigenvalue weighted by Crippen LogP contribution is 2.32. The van der Waals surface area contributed by atoms with E-state index in [1.54, 1.807) is 7.11 Å². The lowest BCUT2D eigenvalue weighted by Crippen LogP contribution is -2.06. The van der Waals surface area contributed by atoms with Crippen LogP contribution in [0, 0.1) is 6.92 Å². The molecule has 2 aromatic carbocycles. The van der Waals surface area contributed by atoms with E-state index in [1.807, 2.05) is 55.5 Å². The fourth-order valence-electron chi connectivity index (χ4n) is 2.56. The highest BCUT2D eigenvalue weighted by atomic mass is 16.5. The van der Waals surface area contributed by atoms with E-state index >= 15 is 0 Å². The third-order valence-corrected chi connectivity index (χ3v) is 4.03. The number of nitrogens with zero attached hydrogens (tertiary/aromatic N) is 3. The van der Waals surface area contributed by atoms with E-state index in [9.17, 15) is 0 Å². The molecule has 0 aliphatic rings. The van der Waals surface area contributed by atoms with Crippen LogP contribution in [-0.4, -0.2) is 22.2 Å². The van der Waals surface area contributed by atoms with Crippen LogP contribution in [0.2, 0.25) is 0 Å². The van der Waals surface area contributed by atoms with Gasteiger partial charge in [-0.25, -0.2) is 10.8 Å². The van der Waals surface area contributed by atoms with Gasteiger partial charge in [0.15, 0.2) is 5.69 Å². The first kappa shape index (κ1) is 16.8. The molecule has 0 unspecified atom stereocenters. The number of anilines is 1. The third kappa shape index (κ3) is 3.25. The molecule has 0 radical (unpaired) electrons. The Bertz CT molecular complexity index is 1050. The van der Waals surface area contributed by atoms with Crippen LogP contribution in [0.1, 0.15) is 5.56 Å². The molecule has 0 saturated heterocycles. The summed E-state index contributed by atoms with van der Waals surface area (Å²) in [7, 11) is 1.61. The van der Waals surface area contributed by atoms with Gasteiger partial charge in [0.05, 0.1) is 7.11 Å². The topological polar surface area (TPSA) is 112 Å². The SMILES string of the molecule is COc1ccc(-c2noc(-c3nc(-c4ccc(C)cc4)oc3NN)n2)cc1. The average Bonchev–Trinajstić information content (AvgIpc) is 3.35. The first-order valence-electron chi connectivity index (χ1n) is 8.21. The van der Waals surface area contributed by atoms with Gasteiger partial charge in [-0.15, -0.1) is 0 Å². The van der Waals surface area contributed by atoms with Crippen molar-refractivity contribution in [3.63, 3.8) is 0 Å². The van der Waals surface area contributed by atoms with E-state index in [1.165, 1.54) is 0 Å². The molecule has 136 valence electrons. The van der Waals surface area contributed by atoms with E-state index in [0.29, 0.717) is 17.4 Å². The number of aryl methyl sites for hydroxylation is 1. The van der Waals surface area contributed by atoms with Crippen molar-refractivity contribution >= 4 is 5.88 Å². The van der Waals surface area contributed by atoms with Crippen LogP contribution in [0.3, 0.4) is 0 Å². The normalized spacial score (nSPS) is 10.8. The zero-order valence-electron chi connectivity index (χ0n) is 14.8. The van der Waals surface area contributed by atoms with Crippen LogP contribution in [-0.2, 0) is 0 Å². The molecule has 4 rings (SSSR count). The number of hydrogen-bond donors (Lipinski definition) is 2. The minimum Gasteiger partial charge on any atom is -0.497 e. The van der Waals surface area contributed by atoms with Gasteiger partial charge in [0.2, 0.25) is 17.6 Å². The first-order valence-corrected chi connectivity index (χ1v) is 8.21. The summed E-state index contributed by atoms with van der Waals surface area (Å²) in [5, 5.41) is 4.01. The number of nitrogen functional groups attached to an aromatic ring is 1. The Balaban J connectivity index is 1.69. The molecule has 8 heteroatoms. The lowest BCUT2D eigenvalue weighted by molar-refractivity contribution is 0.414. The second kappa shape index (κ2) is 6.93. The molecule has 0 aliphatic carbocycles. The smallest absolute Gasteiger partial charge is 0.282 e. The van der Waals surface area contributed by atoms with Gasteiger partial charge in [0.1, 0.15) is 5.75 Å². The predicted molar refractivity (Wildman–Crippen MR) is 99.8 cm³/mol. The highest BCUT2D eigenvalue weighted by molar-refractivity contribution is 5.69. The standard InChI is InChI=1S/C19H17N5O3/c1-11-3-5-13(6-4-11)17-21-15(19(23-20)26-17)18-22-16(24-27-18)12-7-9-14(25-2)10-8-12/h3-10,23H,20H2,1-2H3. The van der Waals surface area contributed by atoms with Crippen molar-refractivity contribution in [2.24, 2.45) is 5.84 Å². The Hall–Kier alpha value is -3.65. The maximum absolute atomic E-state index is 5.70. The van der Waals surface area contributed by atoms with Crippen molar-refractivity contribution in [1.29, 1.82) is 0 Å². The van der Waals surface area contributed by atoms with Crippen molar-refractivity contribution in [2.45, 2.75) is 6.92 Å². The Morgan fingerprint density at radius 1 is 0.926 bits per heavy atom. The van der Waals surface area contributed by atoms with Crippen molar-refractivity contribution in [3.05, 3.63) is 54.1 Å². The van der Waals surface area contributed by atoms with Gasteiger partial charge in [-0.05, 0) is 43.3 Å². The lowest BCUT2D eigenvalue weighted by Gasteiger charge is -1.98. The summed E-state index contributed by atoms with van der Waals surface area (Å²) in [6, 6.07) is 15.1. The van der Waals surface area contributed by atoms with Crippen molar-refractivity contribution in [3.8, 4) is 40.2 Å². The number of nitrogens with one attached hydrogen (secondary N) is 1. The molecule has 3 N–H and O–H groups in total. The minimum absolute atomic E-state index is 0.205. The Morgan fingerprint density at radius 3 is 2.30 bits per heavy atom. The summed E-state index contributed by atoms with van der Waals surface area (Å²) in [5.41, 5.74) is 5.58. The monoisotopic (exact) mass is 363 g/mol. The van der Waals surface area contributed by atoms with Gasteiger partial charge in [-0.1, -0.05) is 22.9 Å². The van der Waals surface area contributed by atoms with Crippen LogP contribution < -0.4 is 16.0 Å². The number of ether oxygens (including phenoxy) is 1. The number of hydrazine groups is 1. The summed E-state index contributed by atoms with van der Waals surface area (Å²) in [5.74, 6) is 7.59. The second-order valence-electron chi connectivity index (χ2n) is 5.86. The number of aromatic nitrogens is 3. The number of rotatable bonds is 5. The van der Waals surface area contributed by atoms with E-state index in [0.717, 1.165) is 22.4 Å². The molecule has 0 aliphatic heterocycles. The molecule has 4 aromatic rings. The van der Waals surface area contributed by atoms with Crippen LogP contribution in [0.5, 0.6) is 5.75 Å². The Kier molecular flexibility index (Phi) is 4.31. The quantitative estimate of drug-likeness (QED) is 0.408. The number of oxazole rings is 1. The summed E-state index contributed by atoms with van der Waals surface area (Å²) in [6.07, 6.45) is 0. The van der Waals surface area contributed by atoms with Gasteiger partial charge in [-0.2, -0.15) is 4.98 Å². The maximum atomic E-state index is 5.70. The molecule has 2 heterocycles. The molecule has 27 heavy (non-hydrogen) atoms. The summed E-state index contributed by atoms with van der Waals surface area (Å²) in [4.78, 5) is 8.86. The number of methoxy groups -OCH3 is 1. The Labute approximate surface area is 155 Å². The average molecular weight is 363 g/mol. The van der Waals surface area contributed by atoms with E-state index < -0.39 is 0 Å². The lowest BCUT2D eigenvalue weighted by atomic mass is 10.1. The van der Waals surface area contributed by atoms with Crippen LogP contribution in [0.15, 0.2) is 57.5 Å². The van der Waals surface area contributed by atoms with E-state index in [2.05, 4.69) is 20.6 Å². The van der Waals surface area contributed by atoms with E-state index in [-0.39, 0.29) is 11.8 Å². The van der Waals surface area contributed by atoms with Gasteiger partial charge in [0.25, 0.3) is 5.89 Å². The van der Waals surface area contributed by atoms with Gasteiger partial charge >= 0.3 is 0 Å². The minimum atomic E-state index is 0.205. The molecule has 0 bridgehead atoms. The number of benzene rings is 2. The maximum Gasteiger partial charge on any atom is 0.282 e. The largest absolute Gasteiger partial charge is 0.497 e. The molecular formula is C19H17N5O3. The van der Waals surface area contributed by atoms with Crippen LogP contribution in [0.25, 0.3) is 34.4 Å². The summed E-state index contributed by atoms with van der Waals surface area (Å²) < 4.78 is 16.2. The predicted octanol–water partition coefficient (Wildman–Crippen LogP) is 3.66. The van der Waals surface area contributed by atoms with Crippen molar-refractivity contribution in [2.75, 3.05) is 12.5 Å². The summed E-state index contributed by atoms with van der Waals surface area (Å²) >= 11 is 0. The fraction of sp³-hybridized carbons (Fsp3) is 0.105. The molecule has 0 amide bonds. The number of nitrogens with two attached hydrogens (primary N) is 1. The van der Waals surface area contributed by atoms with Crippen LogP contribution >= 0.6 is 0 Å². The van der Waals surface area contributed by atoms with Crippen LogP contribution in [0.4, 0.5) is 5.88 Å². The van der Waals surface area contributed by atoms with Crippen molar-refractivity contribution < 1.29 is 13.7 Å². The fourth-order valence-corrected chi connectivity index (χ4v) is 2.56. The highest BCUT2D eigenvalue weighted by Gasteiger charge is 2.21. The molecule has 0 saturated carbocycles. The first-order chi connectivity index (χ1) is 13.2. The number of hydrogen-bond acceptors (Lipinski definition) is 8. The van der Waals surface area contributed by atoms with Gasteiger partial charge < -0.3 is 13.7 Å². The zero-order valence-corrected chi connectivity index (χ0v) is 14.8. The Morgan fingerprint density at radius 2 is 1.63 bits per heavy atom. The zero-order chi connectivity index (χ0) is 18.8. The van der Waals surface area contributed by atoms with E-state index in [4.69, 9.17) is 19.5 Å². The molecule has 0 spiro atoms. The third-order valence-electron chi connectivity index (χ3n) is 4.03. The molecule has 8 nitrogen and oxygen atoms in total. The van der Waals surface area contributed by atoms with Gasteiger partial charge in [0, 0.05) is 11.1 Å².